The molecule has 1 aromatic rings. The minimum atomic E-state index is 0.480. The fourth-order valence-corrected chi connectivity index (χ4v) is 2.54. The number of piperazine rings is 1. The van der Waals surface area contributed by atoms with Crippen LogP contribution in [0.25, 0.3) is 0 Å². The summed E-state index contributed by atoms with van der Waals surface area (Å²) in [6.45, 7) is 7.50. The van der Waals surface area contributed by atoms with Crippen molar-refractivity contribution in [3.05, 3.63) is 28.8 Å². The van der Waals surface area contributed by atoms with Gasteiger partial charge in [-0.15, -0.1) is 0 Å². The standard InChI is InChI=1S/C14H22N2O/c1-10-8-14(17-4)11(2)7-12(10)13-9-15-5-6-16(13)3/h7-8,13,15H,5-6,9H2,1-4H3. The van der Waals surface area contributed by atoms with E-state index in [-0.39, 0.29) is 0 Å². The fraction of sp³-hybridized carbons (Fsp3) is 0.571. The lowest BCUT2D eigenvalue weighted by Crippen LogP contribution is -2.44. The van der Waals surface area contributed by atoms with Gasteiger partial charge in [0.2, 0.25) is 0 Å². The van der Waals surface area contributed by atoms with Gasteiger partial charge in [-0.2, -0.15) is 0 Å². The van der Waals surface area contributed by atoms with Crippen LogP contribution in [0.3, 0.4) is 0 Å². The topological polar surface area (TPSA) is 24.5 Å². The largest absolute Gasteiger partial charge is 0.496 e. The van der Waals surface area contributed by atoms with Crippen LogP contribution in [-0.4, -0.2) is 38.7 Å². The van der Waals surface area contributed by atoms with E-state index in [2.05, 4.69) is 43.2 Å². The van der Waals surface area contributed by atoms with Gasteiger partial charge in [0.05, 0.1) is 7.11 Å². The molecule has 0 aromatic heterocycles. The van der Waals surface area contributed by atoms with E-state index in [4.69, 9.17) is 4.74 Å². The molecule has 94 valence electrons. The Kier molecular flexibility index (Phi) is 3.69. The van der Waals surface area contributed by atoms with Crippen molar-refractivity contribution < 1.29 is 4.74 Å². The Morgan fingerprint density at radius 3 is 2.71 bits per heavy atom. The normalized spacial score (nSPS) is 21.5. The molecule has 3 nitrogen and oxygen atoms in total. The predicted molar refractivity (Wildman–Crippen MR) is 70.7 cm³/mol. The highest BCUT2D eigenvalue weighted by Gasteiger charge is 2.22. The first-order chi connectivity index (χ1) is 8.13. The molecule has 1 unspecified atom stereocenters. The van der Waals surface area contributed by atoms with E-state index in [0.717, 1.165) is 25.4 Å². The lowest BCUT2D eigenvalue weighted by Gasteiger charge is -2.34. The van der Waals surface area contributed by atoms with Crippen molar-refractivity contribution in [1.82, 2.24) is 10.2 Å². The Labute approximate surface area is 104 Å². The second-order valence-corrected chi connectivity index (χ2v) is 4.88. The summed E-state index contributed by atoms with van der Waals surface area (Å²) in [5, 5.41) is 3.47. The van der Waals surface area contributed by atoms with Crippen molar-refractivity contribution in [3.63, 3.8) is 0 Å². The lowest BCUT2D eigenvalue weighted by molar-refractivity contribution is 0.201. The zero-order valence-electron chi connectivity index (χ0n) is 11.2. The van der Waals surface area contributed by atoms with Gasteiger partial charge in [0.1, 0.15) is 5.75 Å². The molecule has 2 rings (SSSR count). The maximum absolute atomic E-state index is 5.37. The molecule has 0 saturated carbocycles. The van der Waals surface area contributed by atoms with E-state index in [1.165, 1.54) is 16.7 Å². The van der Waals surface area contributed by atoms with Crippen LogP contribution < -0.4 is 10.1 Å². The van der Waals surface area contributed by atoms with Crippen molar-refractivity contribution in [3.8, 4) is 5.75 Å². The fourth-order valence-electron chi connectivity index (χ4n) is 2.54. The van der Waals surface area contributed by atoms with Crippen molar-refractivity contribution >= 4 is 0 Å². The average molecular weight is 234 g/mol. The summed E-state index contributed by atoms with van der Waals surface area (Å²) in [7, 11) is 3.93. The van der Waals surface area contributed by atoms with Crippen molar-refractivity contribution in [2.45, 2.75) is 19.9 Å². The Morgan fingerprint density at radius 1 is 1.29 bits per heavy atom. The second-order valence-electron chi connectivity index (χ2n) is 4.88. The van der Waals surface area contributed by atoms with Gasteiger partial charge in [-0.25, -0.2) is 0 Å². The molecular formula is C14H22N2O. The first-order valence-corrected chi connectivity index (χ1v) is 6.19. The zero-order chi connectivity index (χ0) is 12.4. The zero-order valence-corrected chi connectivity index (χ0v) is 11.2. The predicted octanol–water partition coefficient (Wildman–Crippen LogP) is 1.89. The molecule has 1 aromatic carbocycles. The van der Waals surface area contributed by atoms with Gasteiger partial charge in [0.15, 0.2) is 0 Å². The molecule has 1 N–H and O–H groups in total. The van der Waals surface area contributed by atoms with E-state index < -0.39 is 0 Å². The van der Waals surface area contributed by atoms with E-state index in [0.29, 0.717) is 6.04 Å². The summed E-state index contributed by atoms with van der Waals surface area (Å²) in [5.74, 6) is 0.984. The Bertz CT molecular complexity index is 403. The van der Waals surface area contributed by atoms with Gasteiger partial charge < -0.3 is 10.1 Å². The van der Waals surface area contributed by atoms with Gasteiger partial charge in [0, 0.05) is 25.7 Å². The monoisotopic (exact) mass is 234 g/mol. The van der Waals surface area contributed by atoms with Crippen LogP contribution in [0, 0.1) is 13.8 Å². The Hall–Kier alpha value is -1.06. The molecule has 1 atom stereocenters. The van der Waals surface area contributed by atoms with Gasteiger partial charge in [-0.05, 0) is 43.7 Å². The number of ether oxygens (including phenoxy) is 1. The smallest absolute Gasteiger partial charge is 0.122 e. The molecule has 1 aliphatic heterocycles. The summed E-state index contributed by atoms with van der Waals surface area (Å²) in [5.41, 5.74) is 3.94. The van der Waals surface area contributed by atoms with Crippen LogP contribution in [0.5, 0.6) is 5.75 Å². The molecule has 3 heteroatoms. The molecule has 0 radical (unpaired) electrons. The molecule has 0 bridgehead atoms. The lowest BCUT2D eigenvalue weighted by atomic mass is 9.96. The van der Waals surface area contributed by atoms with Crippen LogP contribution in [0.15, 0.2) is 12.1 Å². The third kappa shape index (κ3) is 2.45. The molecule has 1 aliphatic rings. The van der Waals surface area contributed by atoms with E-state index >= 15 is 0 Å². The summed E-state index contributed by atoms with van der Waals surface area (Å²) >= 11 is 0. The number of hydrogen-bond donors (Lipinski definition) is 1. The average Bonchev–Trinajstić information content (AvgIpc) is 2.32. The van der Waals surface area contributed by atoms with E-state index in [1.54, 1.807) is 7.11 Å². The van der Waals surface area contributed by atoms with Crippen LogP contribution in [0.4, 0.5) is 0 Å². The molecule has 1 fully saturated rings. The molecular weight excluding hydrogens is 212 g/mol. The number of nitrogens with one attached hydrogen (secondary N) is 1. The Balaban J connectivity index is 2.34. The van der Waals surface area contributed by atoms with Crippen LogP contribution in [-0.2, 0) is 0 Å². The highest BCUT2D eigenvalue weighted by molar-refractivity contribution is 5.43. The van der Waals surface area contributed by atoms with Gasteiger partial charge in [-0.3, -0.25) is 4.90 Å². The number of likely N-dealkylation sites (N-methyl/N-ethyl adjacent to an activating group) is 1. The maximum Gasteiger partial charge on any atom is 0.122 e. The number of nitrogens with zero attached hydrogens (tertiary/aromatic N) is 1. The Morgan fingerprint density at radius 2 is 2.06 bits per heavy atom. The van der Waals surface area contributed by atoms with Crippen LogP contribution >= 0.6 is 0 Å². The first-order valence-electron chi connectivity index (χ1n) is 6.19. The minimum Gasteiger partial charge on any atom is -0.496 e. The summed E-state index contributed by atoms with van der Waals surface area (Å²) in [6, 6.07) is 4.89. The van der Waals surface area contributed by atoms with E-state index in [9.17, 15) is 0 Å². The van der Waals surface area contributed by atoms with Crippen molar-refractivity contribution in [2.24, 2.45) is 0 Å². The molecule has 0 amide bonds. The highest BCUT2D eigenvalue weighted by atomic mass is 16.5. The van der Waals surface area contributed by atoms with Crippen molar-refractivity contribution in [1.29, 1.82) is 0 Å². The van der Waals surface area contributed by atoms with Gasteiger partial charge >= 0.3 is 0 Å². The third-order valence-corrected chi connectivity index (χ3v) is 3.65. The maximum atomic E-state index is 5.37. The molecule has 17 heavy (non-hydrogen) atoms. The van der Waals surface area contributed by atoms with E-state index in [1.807, 2.05) is 0 Å². The summed E-state index contributed by atoms with van der Waals surface area (Å²) in [6.07, 6.45) is 0. The highest BCUT2D eigenvalue weighted by Crippen LogP contribution is 2.29. The number of methoxy groups -OCH3 is 1. The SMILES string of the molecule is COc1cc(C)c(C2CNCCN2C)cc1C. The number of rotatable bonds is 2. The number of aryl methyl sites for hydroxylation is 2. The molecule has 0 aliphatic carbocycles. The quantitative estimate of drug-likeness (QED) is 0.845. The van der Waals surface area contributed by atoms with Crippen LogP contribution in [0.2, 0.25) is 0 Å². The first kappa shape index (κ1) is 12.4. The van der Waals surface area contributed by atoms with Crippen molar-refractivity contribution in [2.75, 3.05) is 33.8 Å². The molecule has 1 saturated heterocycles. The molecule has 1 heterocycles. The summed E-state index contributed by atoms with van der Waals surface area (Å²) < 4.78 is 5.37. The number of hydrogen-bond acceptors (Lipinski definition) is 3. The number of benzene rings is 1. The van der Waals surface area contributed by atoms with Crippen LogP contribution in [0.1, 0.15) is 22.7 Å². The molecule has 0 spiro atoms. The van der Waals surface area contributed by atoms with Gasteiger partial charge in [-0.1, -0.05) is 6.07 Å². The third-order valence-electron chi connectivity index (χ3n) is 3.65. The summed E-state index contributed by atoms with van der Waals surface area (Å²) in [4.78, 5) is 2.42. The second kappa shape index (κ2) is 5.07. The minimum absolute atomic E-state index is 0.480. The van der Waals surface area contributed by atoms with Gasteiger partial charge in [0.25, 0.3) is 0 Å².